The van der Waals surface area contributed by atoms with E-state index in [-0.39, 0.29) is 0 Å². The van der Waals surface area contributed by atoms with E-state index in [1.807, 2.05) is 12.3 Å². The smallest absolute Gasteiger partial charge is 0.0645 e. The molecule has 3 heteroatoms. The SMILES string of the molecule is NCCCn1cccc1-c1ccc[nH]1. The second-order valence-corrected chi connectivity index (χ2v) is 3.31. The number of nitrogens with two attached hydrogens (primary N) is 1. The van der Waals surface area contributed by atoms with E-state index in [9.17, 15) is 0 Å². The van der Waals surface area contributed by atoms with Gasteiger partial charge in [0.2, 0.25) is 0 Å². The first-order valence-electron chi connectivity index (χ1n) is 4.91. The molecule has 0 saturated carbocycles. The molecule has 0 aliphatic rings. The van der Waals surface area contributed by atoms with Crippen molar-refractivity contribution in [3.8, 4) is 11.4 Å². The van der Waals surface area contributed by atoms with Crippen molar-refractivity contribution in [3.05, 3.63) is 36.7 Å². The van der Waals surface area contributed by atoms with Crippen molar-refractivity contribution in [3.63, 3.8) is 0 Å². The summed E-state index contributed by atoms with van der Waals surface area (Å²) in [5.74, 6) is 0. The molecule has 0 fully saturated rings. The summed E-state index contributed by atoms with van der Waals surface area (Å²) in [5.41, 5.74) is 7.88. The fraction of sp³-hybridized carbons (Fsp3) is 0.273. The summed E-state index contributed by atoms with van der Waals surface area (Å²) in [6, 6.07) is 8.26. The number of aromatic amines is 1. The van der Waals surface area contributed by atoms with Crippen LogP contribution in [0.3, 0.4) is 0 Å². The molecule has 0 atom stereocenters. The number of H-pyrrole nitrogens is 1. The molecule has 0 unspecified atom stereocenters. The zero-order valence-electron chi connectivity index (χ0n) is 8.11. The van der Waals surface area contributed by atoms with Crippen LogP contribution in [0.4, 0.5) is 0 Å². The Morgan fingerprint density at radius 2 is 2.21 bits per heavy atom. The Hall–Kier alpha value is -1.48. The molecule has 0 spiro atoms. The van der Waals surface area contributed by atoms with E-state index in [0.717, 1.165) is 25.2 Å². The predicted molar refractivity (Wildman–Crippen MR) is 57.9 cm³/mol. The third-order valence-electron chi connectivity index (χ3n) is 2.31. The number of hydrogen-bond donors (Lipinski definition) is 2. The van der Waals surface area contributed by atoms with Crippen molar-refractivity contribution < 1.29 is 0 Å². The van der Waals surface area contributed by atoms with E-state index in [2.05, 4.69) is 33.9 Å². The summed E-state index contributed by atoms with van der Waals surface area (Å²) in [5, 5.41) is 0. The second kappa shape index (κ2) is 4.15. The zero-order chi connectivity index (χ0) is 9.80. The van der Waals surface area contributed by atoms with Crippen LogP contribution < -0.4 is 5.73 Å². The highest BCUT2D eigenvalue weighted by molar-refractivity contribution is 5.55. The van der Waals surface area contributed by atoms with Crippen molar-refractivity contribution >= 4 is 0 Å². The van der Waals surface area contributed by atoms with Crippen LogP contribution in [0.2, 0.25) is 0 Å². The Morgan fingerprint density at radius 1 is 1.29 bits per heavy atom. The van der Waals surface area contributed by atoms with Crippen LogP contribution in [0.1, 0.15) is 6.42 Å². The lowest BCUT2D eigenvalue weighted by Gasteiger charge is -2.06. The van der Waals surface area contributed by atoms with Gasteiger partial charge < -0.3 is 15.3 Å². The molecular weight excluding hydrogens is 174 g/mol. The minimum atomic E-state index is 0.738. The summed E-state index contributed by atoms with van der Waals surface area (Å²) in [4.78, 5) is 3.20. The van der Waals surface area contributed by atoms with Crippen molar-refractivity contribution in [1.82, 2.24) is 9.55 Å². The highest BCUT2D eigenvalue weighted by Crippen LogP contribution is 2.17. The monoisotopic (exact) mass is 189 g/mol. The minimum absolute atomic E-state index is 0.738. The van der Waals surface area contributed by atoms with Crippen molar-refractivity contribution in [1.29, 1.82) is 0 Å². The van der Waals surface area contributed by atoms with Gasteiger partial charge >= 0.3 is 0 Å². The van der Waals surface area contributed by atoms with Gasteiger partial charge in [0.05, 0.1) is 11.4 Å². The number of nitrogens with one attached hydrogen (secondary N) is 1. The molecule has 2 rings (SSSR count). The van der Waals surface area contributed by atoms with E-state index in [4.69, 9.17) is 5.73 Å². The lowest BCUT2D eigenvalue weighted by molar-refractivity contribution is 0.658. The first-order chi connectivity index (χ1) is 6.92. The Balaban J connectivity index is 2.22. The van der Waals surface area contributed by atoms with Crippen LogP contribution >= 0.6 is 0 Å². The topological polar surface area (TPSA) is 46.7 Å². The molecule has 3 nitrogen and oxygen atoms in total. The first-order valence-corrected chi connectivity index (χ1v) is 4.91. The Morgan fingerprint density at radius 3 is 2.93 bits per heavy atom. The molecule has 0 saturated heterocycles. The molecule has 0 radical (unpaired) electrons. The molecule has 3 N–H and O–H groups in total. The molecule has 2 aromatic rings. The summed E-state index contributed by atoms with van der Waals surface area (Å²) in [6.45, 7) is 1.72. The number of aromatic nitrogens is 2. The van der Waals surface area contributed by atoms with Gasteiger partial charge in [-0.3, -0.25) is 0 Å². The van der Waals surface area contributed by atoms with Gasteiger partial charge in [0.1, 0.15) is 0 Å². The molecule has 0 aromatic carbocycles. The number of nitrogens with zero attached hydrogens (tertiary/aromatic N) is 1. The van der Waals surface area contributed by atoms with Crippen LogP contribution in [0.25, 0.3) is 11.4 Å². The maximum Gasteiger partial charge on any atom is 0.0645 e. The molecule has 2 heterocycles. The lowest BCUT2D eigenvalue weighted by atomic mass is 10.3. The van der Waals surface area contributed by atoms with Crippen LogP contribution in [-0.2, 0) is 6.54 Å². The van der Waals surface area contributed by atoms with Crippen LogP contribution in [0.15, 0.2) is 36.7 Å². The van der Waals surface area contributed by atoms with E-state index >= 15 is 0 Å². The molecule has 0 aliphatic heterocycles. The summed E-state index contributed by atoms with van der Waals surface area (Å²) in [7, 11) is 0. The van der Waals surface area contributed by atoms with Crippen LogP contribution in [0, 0.1) is 0 Å². The Kier molecular flexibility index (Phi) is 2.70. The van der Waals surface area contributed by atoms with Gasteiger partial charge in [0.25, 0.3) is 0 Å². The van der Waals surface area contributed by atoms with Gasteiger partial charge in [-0.05, 0) is 37.2 Å². The summed E-state index contributed by atoms with van der Waals surface area (Å²) in [6.07, 6.45) is 5.05. The van der Waals surface area contributed by atoms with Crippen LogP contribution in [0.5, 0.6) is 0 Å². The van der Waals surface area contributed by atoms with E-state index < -0.39 is 0 Å². The first kappa shape index (κ1) is 9.09. The molecule has 14 heavy (non-hydrogen) atoms. The van der Waals surface area contributed by atoms with Gasteiger partial charge in [-0.1, -0.05) is 0 Å². The fourth-order valence-corrected chi connectivity index (χ4v) is 1.60. The maximum absolute atomic E-state index is 5.49. The van der Waals surface area contributed by atoms with Crippen LogP contribution in [-0.4, -0.2) is 16.1 Å². The number of rotatable bonds is 4. The maximum atomic E-state index is 5.49. The predicted octanol–water partition coefficient (Wildman–Crippen LogP) is 1.83. The molecule has 2 aromatic heterocycles. The van der Waals surface area contributed by atoms with Gasteiger partial charge in [0, 0.05) is 18.9 Å². The van der Waals surface area contributed by atoms with Gasteiger partial charge in [0.15, 0.2) is 0 Å². The lowest BCUT2D eigenvalue weighted by Crippen LogP contribution is -2.05. The molecule has 74 valence electrons. The molecular formula is C11H15N3. The normalized spacial score (nSPS) is 10.6. The van der Waals surface area contributed by atoms with Gasteiger partial charge in [-0.15, -0.1) is 0 Å². The van der Waals surface area contributed by atoms with Crippen molar-refractivity contribution in [2.75, 3.05) is 6.54 Å². The van der Waals surface area contributed by atoms with E-state index in [1.54, 1.807) is 0 Å². The average molecular weight is 189 g/mol. The second-order valence-electron chi connectivity index (χ2n) is 3.31. The third-order valence-corrected chi connectivity index (χ3v) is 2.31. The van der Waals surface area contributed by atoms with E-state index in [0.29, 0.717) is 0 Å². The van der Waals surface area contributed by atoms with Gasteiger partial charge in [-0.25, -0.2) is 0 Å². The Bertz CT molecular complexity index is 373. The standard InChI is InChI=1S/C11H15N3/c12-6-3-9-14-8-2-5-11(14)10-4-1-7-13-10/h1-2,4-5,7-8,13H,3,6,9,12H2. The molecule has 0 amide bonds. The highest BCUT2D eigenvalue weighted by atomic mass is 15.0. The minimum Gasteiger partial charge on any atom is -0.360 e. The highest BCUT2D eigenvalue weighted by Gasteiger charge is 2.02. The van der Waals surface area contributed by atoms with Crippen molar-refractivity contribution in [2.45, 2.75) is 13.0 Å². The Labute approximate surface area is 83.6 Å². The molecule has 0 aliphatic carbocycles. The summed E-state index contributed by atoms with van der Waals surface area (Å²) >= 11 is 0. The van der Waals surface area contributed by atoms with Crippen molar-refractivity contribution in [2.24, 2.45) is 5.73 Å². The summed E-state index contributed by atoms with van der Waals surface area (Å²) < 4.78 is 2.22. The number of hydrogen-bond acceptors (Lipinski definition) is 1. The quantitative estimate of drug-likeness (QED) is 0.757. The molecule has 0 bridgehead atoms. The third kappa shape index (κ3) is 1.72. The largest absolute Gasteiger partial charge is 0.360 e. The average Bonchev–Trinajstić information content (AvgIpc) is 2.84. The van der Waals surface area contributed by atoms with E-state index in [1.165, 1.54) is 5.69 Å². The zero-order valence-corrected chi connectivity index (χ0v) is 8.11. The number of aryl methyl sites for hydroxylation is 1. The fourth-order valence-electron chi connectivity index (χ4n) is 1.60. The van der Waals surface area contributed by atoms with Gasteiger partial charge in [-0.2, -0.15) is 0 Å².